The van der Waals surface area contributed by atoms with Gasteiger partial charge in [-0.2, -0.15) is 15.6 Å². The van der Waals surface area contributed by atoms with Crippen molar-refractivity contribution in [2.24, 2.45) is 0 Å². The van der Waals surface area contributed by atoms with E-state index in [0.717, 1.165) is 9.87 Å². The molecule has 0 fully saturated rings. The highest BCUT2D eigenvalue weighted by atomic mass is 32.2. The molecule has 0 radical (unpaired) electrons. The number of rotatable bonds is 15. The molecule has 1 N–H and O–H groups in total. The van der Waals surface area contributed by atoms with Gasteiger partial charge in [-0.05, 0) is 52.7 Å². The molecule has 0 saturated carbocycles. The molecule has 0 spiro atoms. The maximum atomic E-state index is 13.2. The third-order valence-corrected chi connectivity index (χ3v) is 8.84. The quantitative estimate of drug-likeness (QED) is 0.314. The number of thiophene rings is 1. The van der Waals surface area contributed by atoms with Crippen LogP contribution < -0.4 is 4.74 Å². The van der Waals surface area contributed by atoms with Gasteiger partial charge in [-0.1, -0.05) is 0 Å². The van der Waals surface area contributed by atoms with E-state index >= 15 is 0 Å². The first-order chi connectivity index (χ1) is 18.7. The van der Waals surface area contributed by atoms with Gasteiger partial charge in [0, 0.05) is 46.7 Å². The smallest absolute Gasteiger partial charge is 0.288 e. The van der Waals surface area contributed by atoms with Gasteiger partial charge in [0.1, 0.15) is 5.75 Å². The van der Waals surface area contributed by atoms with Crippen LogP contribution in [0.4, 0.5) is 0 Å². The maximum Gasteiger partial charge on any atom is 0.288 e. The first kappa shape index (κ1) is 31.0. The van der Waals surface area contributed by atoms with Gasteiger partial charge in [0.15, 0.2) is 12.0 Å². The number of carbonyl (C=O) groups is 1. The number of amides is 1. The summed E-state index contributed by atoms with van der Waals surface area (Å²) >= 11 is 1.55. The van der Waals surface area contributed by atoms with E-state index in [1.807, 2.05) is 16.8 Å². The summed E-state index contributed by atoms with van der Waals surface area (Å²) in [6.45, 7) is -0.291. The Hall–Kier alpha value is -2.52. The summed E-state index contributed by atoms with van der Waals surface area (Å²) in [7, 11) is 2.22. The van der Waals surface area contributed by atoms with Crippen molar-refractivity contribution in [3.05, 3.63) is 58.5 Å². The molecule has 2 aromatic rings. The Labute approximate surface area is 233 Å². The lowest BCUT2D eigenvalue weighted by Gasteiger charge is -2.31. The van der Waals surface area contributed by atoms with Gasteiger partial charge in [0.2, 0.25) is 16.3 Å². The molecular weight excluding hydrogens is 548 g/mol. The number of aliphatic hydroxyl groups excluding tert-OH is 1. The number of methoxy groups -OCH3 is 3. The highest BCUT2D eigenvalue weighted by Gasteiger charge is 2.32. The van der Waals surface area contributed by atoms with E-state index in [1.54, 1.807) is 36.6 Å². The number of hydrogen-bond donors (Lipinski definition) is 1. The molecule has 0 unspecified atom stereocenters. The SMILES string of the molecule is COc1ccc(S(=O)(=O)N(CCO)CCO[C@@H]2C[C@H](c3ccsc3)C=C(C(=O)N(C)CC(OC)OC)O2)cc1. The molecule has 2 atom stereocenters. The highest BCUT2D eigenvalue weighted by molar-refractivity contribution is 7.89. The first-order valence-electron chi connectivity index (χ1n) is 12.3. The first-order valence-corrected chi connectivity index (χ1v) is 14.7. The van der Waals surface area contributed by atoms with Gasteiger partial charge >= 0.3 is 0 Å². The van der Waals surface area contributed by atoms with Gasteiger partial charge in [-0.3, -0.25) is 4.79 Å². The summed E-state index contributed by atoms with van der Waals surface area (Å²) in [6, 6.07) is 8.00. The second-order valence-corrected chi connectivity index (χ2v) is 11.5. The van der Waals surface area contributed by atoms with Crippen LogP contribution in [0.15, 0.2) is 57.8 Å². The Morgan fingerprint density at radius 3 is 2.46 bits per heavy atom. The van der Waals surface area contributed by atoms with Crippen LogP contribution in [-0.4, -0.2) is 102 Å². The highest BCUT2D eigenvalue weighted by Crippen LogP contribution is 2.33. The molecule has 2 heterocycles. The van der Waals surface area contributed by atoms with E-state index < -0.39 is 22.6 Å². The number of hydrogen-bond acceptors (Lipinski definition) is 10. The van der Waals surface area contributed by atoms with Gasteiger partial charge in [0.25, 0.3) is 5.91 Å². The molecule has 1 aromatic heterocycles. The van der Waals surface area contributed by atoms with E-state index in [4.69, 9.17) is 23.7 Å². The van der Waals surface area contributed by atoms with Crippen LogP contribution in [0, 0.1) is 0 Å². The molecule has 1 aliphatic heterocycles. The molecule has 11 nitrogen and oxygen atoms in total. The number of aliphatic hydroxyl groups is 1. The van der Waals surface area contributed by atoms with Crippen molar-refractivity contribution in [3.63, 3.8) is 0 Å². The van der Waals surface area contributed by atoms with Crippen molar-refractivity contribution >= 4 is 27.3 Å². The van der Waals surface area contributed by atoms with Crippen molar-refractivity contribution in [3.8, 4) is 5.75 Å². The predicted octanol–water partition coefficient (Wildman–Crippen LogP) is 2.25. The minimum Gasteiger partial charge on any atom is -0.497 e. The third-order valence-electron chi connectivity index (χ3n) is 6.23. The topological polar surface area (TPSA) is 124 Å². The molecule has 39 heavy (non-hydrogen) atoms. The fraction of sp³-hybridized carbons (Fsp3) is 0.500. The summed E-state index contributed by atoms with van der Waals surface area (Å²) in [4.78, 5) is 14.7. The third kappa shape index (κ3) is 8.24. The molecule has 0 aliphatic carbocycles. The Kier molecular flexibility index (Phi) is 11.7. The Morgan fingerprint density at radius 1 is 1.15 bits per heavy atom. The normalized spacial score (nSPS) is 17.7. The van der Waals surface area contributed by atoms with Crippen molar-refractivity contribution in [1.29, 1.82) is 0 Å². The van der Waals surface area contributed by atoms with Gasteiger partial charge in [-0.15, -0.1) is 0 Å². The zero-order valence-electron chi connectivity index (χ0n) is 22.5. The number of sulfonamides is 1. The molecule has 3 rings (SSSR count). The minimum atomic E-state index is -3.89. The Morgan fingerprint density at radius 2 is 1.87 bits per heavy atom. The number of allylic oxidation sites excluding steroid dienone is 1. The average Bonchev–Trinajstić information content (AvgIpc) is 3.50. The molecule has 1 aromatic carbocycles. The van der Waals surface area contributed by atoms with Crippen LogP contribution in [0.2, 0.25) is 0 Å². The van der Waals surface area contributed by atoms with Gasteiger partial charge in [0.05, 0.1) is 31.8 Å². The van der Waals surface area contributed by atoms with E-state index in [2.05, 4.69) is 0 Å². The number of likely N-dealkylation sites (N-methyl/N-ethyl adjacent to an activating group) is 1. The summed E-state index contributed by atoms with van der Waals surface area (Å²) < 4.78 is 54.9. The van der Waals surface area contributed by atoms with E-state index in [1.165, 1.54) is 38.4 Å². The largest absolute Gasteiger partial charge is 0.497 e. The van der Waals surface area contributed by atoms with Gasteiger partial charge < -0.3 is 33.7 Å². The van der Waals surface area contributed by atoms with E-state index in [-0.39, 0.29) is 55.3 Å². The van der Waals surface area contributed by atoms with Crippen LogP contribution in [0.1, 0.15) is 17.9 Å². The zero-order valence-corrected chi connectivity index (χ0v) is 24.2. The van der Waals surface area contributed by atoms with Crippen molar-refractivity contribution in [2.75, 3.05) is 61.2 Å². The molecule has 13 heteroatoms. The molecule has 1 amide bonds. The standard InChI is InChI=1S/C26H36N2O9S2/c1-27(17-25(34-3)35-4)26(30)23-15-20(19-9-14-38-18-19)16-24(37-23)36-13-11-28(10-12-29)39(31,32)22-7-5-21(33-2)6-8-22/h5-9,14-15,18,20,24-25,29H,10-13,16-17H2,1-4H3/t20-,24+/m1/s1. The minimum absolute atomic E-state index is 0.0108. The molecule has 0 saturated heterocycles. The number of benzene rings is 1. The molecule has 1 aliphatic rings. The summed E-state index contributed by atoms with van der Waals surface area (Å²) in [5.74, 6) is 0.185. The van der Waals surface area contributed by atoms with Crippen LogP contribution in [0.25, 0.3) is 0 Å². The molecule has 216 valence electrons. The Bertz CT molecular complexity index is 1170. The lowest BCUT2D eigenvalue weighted by atomic mass is 9.95. The number of ether oxygens (including phenoxy) is 5. The average molecular weight is 585 g/mol. The molecule has 0 bridgehead atoms. The van der Waals surface area contributed by atoms with Crippen LogP contribution in [0.3, 0.4) is 0 Å². The van der Waals surface area contributed by atoms with Crippen LogP contribution in [-0.2, 0) is 33.8 Å². The second kappa shape index (κ2) is 14.7. The second-order valence-electron chi connectivity index (χ2n) is 8.74. The number of carbonyl (C=O) groups excluding carboxylic acids is 1. The van der Waals surface area contributed by atoms with Gasteiger partial charge in [-0.25, -0.2) is 8.42 Å². The molecular formula is C26H36N2O9S2. The van der Waals surface area contributed by atoms with E-state index in [9.17, 15) is 18.3 Å². The van der Waals surface area contributed by atoms with Crippen molar-refractivity contribution in [2.45, 2.75) is 29.8 Å². The van der Waals surface area contributed by atoms with Crippen LogP contribution >= 0.6 is 11.3 Å². The predicted molar refractivity (Wildman–Crippen MR) is 145 cm³/mol. The van der Waals surface area contributed by atoms with Crippen LogP contribution in [0.5, 0.6) is 5.75 Å². The van der Waals surface area contributed by atoms with Crippen molar-refractivity contribution < 1.29 is 42.0 Å². The summed E-state index contributed by atoms with van der Waals surface area (Å²) in [5, 5.41) is 13.5. The summed E-state index contributed by atoms with van der Waals surface area (Å²) in [5.41, 5.74) is 1.03. The lowest BCUT2D eigenvalue weighted by molar-refractivity contribution is -0.158. The number of nitrogens with zero attached hydrogens (tertiary/aromatic N) is 2. The monoisotopic (exact) mass is 584 g/mol. The van der Waals surface area contributed by atoms with E-state index in [0.29, 0.717) is 12.2 Å². The summed E-state index contributed by atoms with van der Waals surface area (Å²) in [6.07, 6.45) is 0.851. The fourth-order valence-corrected chi connectivity index (χ4v) is 6.16. The maximum absolute atomic E-state index is 13.2. The zero-order chi connectivity index (χ0) is 28.4. The van der Waals surface area contributed by atoms with Crippen molar-refractivity contribution in [1.82, 2.24) is 9.21 Å². The Balaban J connectivity index is 1.70. The fourth-order valence-electron chi connectivity index (χ4n) is 4.02. The lowest BCUT2D eigenvalue weighted by Crippen LogP contribution is -2.40.